The van der Waals surface area contributed by atoms with Gasteiger partial charge in [0.1, 0.15) is 11.5 Å². The zero-order valence-electron chi connectivity index (χ0n) is 20.2. The second-order valence-corrected chi connectivity index (χ2v) is 9.90. The summed E-state index contributed by atoms with van der Waals surface area (Å²) in [7, 11) is 1.66. The molecule has 0 radical (unpaired) electrons. The summed E-state index contributed by atoms with van der Waals surface area (Å²) in [6.45, 7) is 2.59. The highest BCUT2D eigenvalue weighted by Crippen LogP contribution is 2.41. The molecule has 3 aromatic carbocycles. The Hall–Kier alpha value is -3.90. The van der Waals surface area contributed by atoms with Crippen molar-refractivity contribution in [2.24, 2.45) is 4.99 Å². The van der Waals surface area contributed by atoms with E-state index in [2.05, 4.69) is 36.4 Å². The number of hydrogen-bond donors (Lipinski definition) is 0. The number of aromatic nitrogens is 1. The molecule has 6 heteroatoms. The molecule has 36 heavy (non-hydrogen) atoms. The van der Waals surface area contributed by atoms with Crippen molar-refractivity contribution in [2.45, 2.75) is 25.8 Å². The number of rotatable bonds is 5. The van der Waals surface area contributed by atoms with Crippen LogP contribution in [0.3, 0.4) is 0 Å². The van der Waals surface area contributed by atoms with E-state index in [1.165, 1.54) is 28.0 Å². The van der Waals surface area contributed by atoms with Gasteiger partial charge in [-0.05, 0) is 72.4 Å². The predicted octanol–water partition coefficient (Wildman–Crippen LogP) is 4.73. The molecule has 0 bridgehead atoms. The number of methoxy groups -OCH3 is 1. The van der Waals surface area contributed by atoms with Crippen LogP contribution in [0.1, 0.15) is 41.6 Å². The lowest BCUT2D eigenvalue weighted by Gasteiger charge is -2.30. The van der Waals surface area contributed by atoms with Crippen molar-refractivity contribution in [3.8, 4) is 11.5 Å². The minimum absolute atomic E-state index is 0.0149. The van der Waals surface area contributed by atoms with Crippen LogP contribution >= 0.6 is 11.3 Å². The van der Waals surface area contributed by atoms with Gasteiger partial charge in [0.15, 0.2) is 4.80 Å². The Morgan fingerprint density at radius 2 is 1.75 bits per heavy atom. The molecule has 0 saturated carbocycles. The van der Waals surface area contributed by atoms with Gasteiger partial charge in [-0.25, -0.2) is 4.99 Å². The van der Waals surface area contributed by atoms with Gasteiger partial charge in [0.05, 0.1) is 30.0 Å². The predicted molar refractivity (Wildman–Crippen MR) is 143 cm³/mol. The molecule has 2 heterocycles. The van der Waals surface area contributed by atoms with Crippen LogP contribution in [0.15, 0.2) is 88.2 Å². The van der Waals surface area contributed by atoms with Crippen LogP contribution in [0, 0.1) is 0 Å². The molecule has 6 rings (SSSR count). The molecule has 5 nitrogen and oxygen atoms in total. The van der Waals surface area contributed by atoms with Gasteiger partial charge in [-0.15, -0.1) is 0 Å². The number of fused-ring (bicyclic) bond motifs is 3. The van der Waals surface area contributed by atoms with Crippen LogP contribution in [0.5, 0.6) is 11.5 Å². The Morgan fingerprint density at radius 3 is 2.50 bits per heavy atom. The first-order valence-electron chi connectivity index (χ1n) is 12.2. The van der Waals surface area contributed by atoms with Gasteiger partial charge in [-0.1, -0.05) is 59.9 Å². The summed E-state index contributed by atoms with van der Waals surface area (Å²) < 4.78 is 13.5. The van der Waals surface area contributed by atoms with E-state index in [0.29, 0.717) is 11.1 Å². The summed E-state index contributed by atoms with van der Waals surface area (Å²) in [6.07, 6.45) is 3.75. The average molecular weight is 495 g/mol. The average Bonchev–Trinajstić information content (AvgIpc) is 3.23. The molecule has 0 saturated heterocycles. The standard InChI is InChI=1S/C30H26N2O3S/c1-3-35-23-13-8-19(9-14-23)18-26-29(33)32-28(21-10-15-22(34-2)16-11-21)25-17-12-20-6-4-5-7-24(20)27(25)31-30(32)36-26/h4-11,13-16,18,28H,3,12,17H2,1-2H3. The molecule has 180 valence electrons. The Morgan fingerprint density at radius 1 is 1.00 bits per heavy atom. The van der Waals surface area contributed by atoms with E-state index in [-0.39, 0.29) is 11.6 Å². The van der Waals surface area contributed by atoms with Gasteiger partial charge >= 0.3 is 0 Å². The molecule has 4 aromatic rings. The Bertz CT molecular complexity index is 1640. The van der Waals surface area contributed by atoms with Crippen molar-refractivity contribution in [1.82, 2.24) is 4.57 Å². The first-order chi connectivity index (χ1) is 17.7. The van der Waals surface area contributed by atoms with Crippen molar-refractivity contribution < 1.29 is 9.47 Å². The third-order valence-corrected chi connectivity index (χ3v) is 7.78. The number of allylic oxidation sites excluding steroid dienone is 1. The highest BCUT2D eigenvalue weighted by Gasteiger charge is 2.32. The first kappa shape index (κ1) is 22.6. The number of ether oxygens (including phenoxy) is 2. The molecule has 0 N–H and O–H groups in total. The molecule has 1 aliphatic carbocycles. The Balaban J connectivity index is 1.54. The van der Waals surface area contributed by atoms with Gasteiger partial charge in [-0.3, -0.25) is 9.36 Å². The van der Waals surface area contributed by atoms with Crippen LogP contribution in [0.2, 0.25) is 0 Å². The van der Waals surface area contributed by atoms with E-state index in [1.807, 2.05) is 54.0 Å². The Kier molecular flexibility index (Phi) is 5.82. The first-order valence-corrected chi connectivity index (χ1v) is 13.0. The number of hydrogen-bond acceptors (Lipinski definition) is 5. The number of aryl methyl sites for hydroxylation is 1. The number of thiazole rings is 1. The molecule has 1 aliphatic heterocycles. The third kappa shape index (κ3) is 3.88. The zero-order chi connectivity index (χ0) is 24.6. The minimum Gasteiger partial charge on any atom is -0.497 e. The maximum atomic E-state index is 13.8. The van der Waals surface area contributed by atoms with E-state index in [9.17, 15) is 4.79 Å². The van der Waals surface area contributed by atoms with Crippen molar-refractivity contribution in [1.29, 1.82) is 0 Å². The molecule has 1 unspecified atom stereocenters. The summed E-state index contributed by atoms with van der Waals surface area (Å²) in [4.78, 5) is 19.6. The van der Waals surface area contributed by atoms with Crippen molar-refractivity contribution in [3.63, 3.8) is 0 Å². The van der Waals surface area contributed by atoms with E-state index in [0.717, 1.165) is 46.0 Å². The van der Waals surface area contributed by atoms with E-state index in [1.54, 1.807) is 7.11 Å². The summed E-state index contributed by atoms with van der Waals surface area (Å²) in [5, 5.41) is 0. The van der Waals surface area contributed by atoms with Crippen LogP contribution in [0.4, 0.5) is 0 Å². The number of benzene rings is 3. The SMILES string of the molecule is CCOc1ccc(C=c2sc3n(c2=O)C(c2ccc(OC)cc2)C2=C(N=3)c3ccccc3CC2)cc1. The van der Waals surface area contributed by atoms with Gasteiger partial charge in [-0.2, -0.15) is 0 Å². The lowest BCUT2D eigenvalue weighted by atomic mass is 9.83. The fourth-order valence-electron chi connectivity index (χ4n) is 5.09. The van der Waals surface area contributed by atoms with Gasteiger partial charge in [0.25, 0.3) is 5.56 Å². The summed E-state index contributed by atoms with van der Waals surface area (Å²) in [5.41, 5.74) is 6.68. The van der Waals surface area contributed by atoms with Crippen molar-refractivity contribution in [2.75, 3.05) is 13.7 Å². The van der Waals surface area contributed by atoms with Gasteiger partial charge in [0, 0.05) is 5.56 Å². The number of nitrogens with zero attached hydrogens (tertiary/aromatic N) is 2. The summed E-state index contributed by atoms with van der Waals surface area (Å²) in [6, 6.07) is 24.1. The molecule has 1 atom stereocenters. The maximum absolute atomic E-state index is 13.8. The molecular formula is C30H26N2O3S. The molecule has 1 aromatic heterocycles. The maximum Gasteiger partial charge on any atom is 0.271 e. The van der Waals surface area contributed by atoms with E-state index < -0.39 is 0 Å². The minimum atomic E-state index is -0.196. The van der Waals surface area contributed by atoms with Gasteiger partial charge < -0.3 is 9.47 Å². The Labute approximate surface area is 213 Å². The zero-order valence-corrected chi connectivity index (χ0v) is 21.0. The molecule has 0 amide bonds. The highest BCUT2D eigenvalue weighted by molar-refractivity contribution is 7.07. The van der Waals surface area contributed by atoms with Gasteiger partial charge in [0.2, 0.25) is 0 Å². The topological polar surface area (TPSA) is 52.8 Å². The molecular weight excluding hydrogens is 468 g/mol. The lowest BCUT2D eigenvalue weighted by molar-refractivity contribution is 0.340. The third-order valence-electron chi connectivity index (χ3n) is 6.79. The lowest BCUT2D eigenvalue weighted by Crippen LogP contribution is -2.38. The monoisotopic (exact) mass is 494 g/mol. The van der Waals surface area contributed by atoms with E-state index in [4.69, 9.17) is 14.5 Å². The van der Waals surface area contributed by atoms with Crippen molar-refractivity contribution >= 4 is 23.1 Å². The van der Waals surface area contributed by atoms with Crippen LogP contribution < -0.4 is 24.4 Å². The highest BCUT2D eigenvalue weighted by atomic mass is 32.1. The normalized spacial score (nSPS) is 16.6. The fraction of sp³-hybridized carbons (Fsp3) is 0.200. The summed E-state index contributed by atoms with van der Waals surface area (Å²) >= 11 is 1.45. The van der Waals surface area contributed by atoms with Crippen LogP contribution in [0.25, 0.3) is 11.8 Å². The molecule has 0 spiro atoms. The van der Waals surface area contributed by atoms with Crippen LogP contribution in [-0.2, 0) is 6.42 Å². The van der Waals surface area contributed by atoms with Crippen molar-refractivity contribution in [3.05, 3.63) is 120 Å². The molecule has 2 aliphatic rings. The second kappa shape index (κ2) is 9.28. The van der Waals surface area contributed by atoms with E-state index >= 15 is 0 Å². The molecule has 0 fully saturated rings. The summed E-state index contributed by atoms with van der Waals surface area (Å²) in [5.74, 6) is 1.62. The second-order valence-electron chi connectivity index (χ2n) is 8.89. The smallest absolute Gasteiger partial charge is 0.271 e. The fourth-order valence-corrected chi connectivity index (χ4v) is 6.09. The largest absolute Gasteiger partial charge is 0.497 e. The quantitative estimate of drug-likeness (QED) is 0.403. The van der Waals surface area contributed by atoms with Crippen LogP contribution in [-0.4, -0.2) is 18.3 Å².